The van der Waals surface area contributed by atoms with E-state index in [9.17, 15) is 0 Å². The monoisotopic (exact) mass is 370 g/mol. The van der Waals surface area contributed by atoms with Crippen LogP contribution in [0.2, 0.25) is 0 Å². The summed E-state index contributed by atoms with van der Waals surface area (Å²) < 4.78 is 11.2. The summed E-state index contributed by atoms with van der Waals surface area (Å²) in [4.78, 5) is 15.1. The molecule has 2 aromatic rings. The molecule has 0 amide bonds. The van der Waals surface area contributed by atoms with E-state index in [1.807, 2.05) is 26.0 Å². The minimum absolute atomic E-state index is 0.0463. The Bertz CT molecular complexity index is 870. The summed E-state index contributed by atoms with van der Waals surface area (Å²) in [5, 5.41) is 8.33. The lowest BCUT2D eigenvalue weighted by Crippen LogP contribution is -2.22. The number of aromatic amines is 1. The van der Waals surface area contributed by atoms with Crippen molar-refractivity contribution in [2.45, 2.75) is 32.5 Å². The summed E-state index contributed by atoms with van der Waals surface area (Å²) in [7, 11) is 3.47. The molecule has 0 aliphatic carbocycles. The molecule has 1 fully saturated rings. The highest BCUT2D eigenvalue weighted by Crippen LogP contribution is 2.23. The summed E-state index contributed by atoms with van der Waals surface area (Å²) in [6.45, 7) is 9.32. The Morgan fingerprint density at radius 1 is 1.48 bits per heavy atom. The number of pyridine rings is 1. The minimum atomic E-state index is 0.0463. The van der Waals surface area contributed by atoms with E-state index < -0.39 is 0 Å². The van der Waals surface area contributed by atoms with Crippen molar-refractivity contribution in [3.05, 3.63) is 29.9 Å². The number of H-pyrrole nitrogens is 1. The number of aliphatic imine (C=N–C) groups is 2. The van der Waals surface area contributed by atoms with Gasteiger partial charge in [-0.1, -0.05) is 0 Å². The van der Waals surface area contributed by atoms with Crippen molar-refractivity contribution in [1.82, 2.24) is 20.1 Å². The lowest BCUT2D eigenvalue weighted by atomic mass is 10.1. The molecule has 0 saturated carbocycles. The van der Waals surface area contributed by atoms with E-state index in [1.165, 1.54) is 0 Å². The van der Waals surface area contributed by atoms with E-state index in [4.69, 9.17) is 9.47 Å². The van der Waals surface area contributed by atoms with Crippen LogP contribution in [0.3, 0.4) is 0 Å². The molecule has 1 saturated heterocycles. The molecule has 1 atom stereocenters. The fourth-order valence-corrected chi connectivity index (χ4v) is 3.13. The van der Waals surface area contributed by atoms with Crippen LogP contribution in [0.1, 0.15) is 26.0 Å². The fraction of sp³-hybridized carbons (Fsp3) is 0.474. The summed E-state index contributed by atoms with van der Waals surface area (Å²) in [6, 6.07) is 1.88. The zero-order valence-electron chi connectivity index (χ0n) is 16.3. The molecule has 1 N–H and O–H groups in total. The van der Waals surface area contributed by atoms with Gasteiger partial charge in [-0.15, -0.1) is 0 Å². The Morgan fingerprint density at radius 2 is 2.30 bits per heavy atom. The van der Waals surface area contributed by atoms with E-state index in [0.29, 0.717) is 11.6 Å². The van der Waals surface area contributed by atoms with Crippen molar-refractivity contribution in [1.29, 1.82) is 0 Å². The third-order valence-electron chi connectivity index (χ3n) is 4.49. The van der Waals surface area contributed by atoms with Crippen molar-refractivity contribution < 1.29 is 9.47 Å². The Kier molecular flexibility index (Phi) is 5.85. The molecule has 0 spiro atoms. The Morgan fingerprint density at radius 3 is 2.93 bits per heavy atom. The Balaban J connectivity index is 1.94. The van der Waals surface area contributed by atoms with Crippen molar-refractivity contribution in [3.8, 4) is 5.88 Å². The van der Waals surface area contributed by atoms with Crippen molar-refractivity contribution in [2.24, 2.45) is 9.98 Å². The highest BCUT2D eigenvalue weighted by molar-refractivity contribution is 6.14. The standard InChI is InChI=1S/C19H26N6O2/c1-12(2)27-18-8-14-16(10-22-18)23-24-19(14)15(20-3)9-17(21-4)25-7-6-13(11-25)26-5/h8-10,12-13H,4,6-7,11H2,1-3,5H3,(H,23,24)/b17-9+,20-15+/t13-/m0/s1. The van der Waals surface area contributed by atoms with Gasteiger partial charge >= 0.3 is 0 Å². The van der Waals surface area contributed by atoms with Gasteiger partial charge in [0.05, 0.1) is 29.6 Å². The van der Waals surface area contributed by atoms with Crippen LogP contribution >= 0.6 is 0 Å². The molecule has 8 heteroatoms. The first-order valence-electron chi connectivity index (χ1n) is 8.99. The molecule has 3 rings (SSSR count). The molecule has 2 aromatic heterocycles. The summed E-state index contributed by atoms with van der Waals surface area (Å²) in [5.74, 6) is 1.32. The average molecular weight is 370 g/mol. The van der Waals surface area contributed by atoms with Gasteiger partial charge < -0.3 is 14.4 Å². The number of likely N-dealkylation sites (tertiary alicyclic amines) is 1. The highest BCUT2D eigenvalue weighted by Gasteiger charge is 2.24. The summed E-state index contributed by atoms with van der Waals surface area (Å²) in [6.07, 6.45) is 4.85. The Labute approximate surface area is 159 Å². The Hall–Kier alpha value is -2.74. The van der Waals surface area contributed by atoms with E-state index in [2.05, 4.69) is 36.8 Å². The molecule has 8 nitrogen and oxygen atoms in total. The molecule has 0 unspecified atom stereocenters. The molecule has 0 bridgehead atoms. The van der Waals surface area contributed by atoms with Crippen LogP contribution in [0.5, 0.6) is 5.88 Å². The van der Waals surface area contributed by atoms with Crippen LogP contribution in [0, 0.1) is 0 Å². The third-order valence-corrected chi connectivity index (χ3v) is 4.49. The van der Waals surface area contributed by atoms with Crippen molar-refractivity contribution in [3.63, 3.8) is 0 Å². The number of hydrogen-bond acceptors (Lipinski definition) is 7. The fourth-order valence-electron chi connectivity index (χ4n) is 3.13. The molecule has 144 valence electrons. The average Bonchev–Trinajstić information content (AvgIpc) is 3.29. The van der Waals surface area contributed by atoms with Gasteiger partial charge in [-0.05, 0) is 27.0 Å². The highest BCUT2D eigenvalue weighted by atomic mass is 16.5. The molecule has 27 heavy (non-hydrogen) atoms. The van der Waals surface area contributed by atoms with Crippen LogP contribution in [0.4, 0.5) is 0 Å². The van der Waals surface area contributed by atoms with Gasteiger partial charge in [0, 0.05) is 44.8 Å². The molecular weight excluding hydrogens is 344 g/mol. The predicted octanol–water partition coefficient (Wildman–Crippen LogP) is 2.43. The molecule has 3 heterocycles. The lowest BCUT2D eigenvalue weighted by molar-refractivity contribution is 0.111. The number of hydrogen-bond donors (Lipinski definition) is 1. The number of ether oxygens (including phenoxy) is 2. The number of nitrogens with zero attached hydrogens (tertiary/aromatic N) is 5. The first-order valence-corrected chi connectivity index (χ1v) is 8.99. The number of aromatic nitrogens is 3. The molecule has 0 aromatic carbocycles. The minimum Gasteiger partial charge on any atom is -0.475 e. The number of fused-ring (bicyclic) bond motifs is 1. The maximum absolute atomic E-state index is 5.71. The van der Waals surface area contributed by atoms with Crippen LogP contribution in [-0.4, -0.2) is 72.0 Å². The zero-order chi connectivity index (χ0) is 19.4. The van der Waals surface area contributed by atoms with Gasteiger partial charge in [-0.25, -0.2) is 9.98 Å². The lowest BCUT2D eigenvalue weighted by Gasteiger charge is -2.18. The van der Waals surface area contributed by atoms with Crippen LogP contribution in [-0.2, 0) is 4.74 Å². The maximum Gasteiger partial charge on any atom is 0.214 e. The van der Waals surface area contributed by atoms with Gasteiger partial charge in [0.25, 0.3) is 0 Å². The molecular formula is C19H26N6O2. The second-order valence-electron chi connectivity index (χ2n) is 6.67. The van der Waals surface area contributed by atoms with E-state index >= 15 is 0 Å². The first-order chi connectivity index (χ1) is 13.0. The van der Waals surface area contributed by atoms with Gasteiger partial charge in [-0.2, -0.15) is 5.10 Å². The first kappa shape index (κ1) is 19.0. The SMILES string of the molecule is C=N/C(=C\C(=N/C)c1n[nH]c2cnc(OC(C)C)cc12)N1CC[C@H](OC)C1. The molecule has 1 aliphatic heterocycles. The number of allylic oxidation sites excluding steroid dienone is 1. The van der Waals surface area contributed by atoms with Crippen molar-refractivity contribution >= 4 is 23.3 Å². The topological polar surface area (TPSA) is 88.0 Å². The van der Waals surface area contributed by atoms with E-state index in [1.54, 1.807) is 20.4 Å². The van der Waals surface area contributed by atoms with E-state index in [0.717, 1.165) is 41.9 Å². The van der Waals surface area contributed by atoms with Crippen LogP contribution < -0.4 is 4.74 Å². The molecule has 1 aliphatic rings. The summed E-state index contributed by atoms with van der Waals surface area (Å²) in [5.41, 5.74) is 2.27. The number of nitrogens with one attached hydrogen (secondary N) is 1. The smallest absolute Gasteiger partial charge is 0.214 e. The van der Waals surface area contributed by atoms with Gasteiger partial charge in [0.1, 0.15) is 11.5 Å². The second-order valence-corrected chi connectivity index (χ2v) is 6.67. The third kappa shape index (κ3) is 4.16. The van der Waals surface area contributed by atoms with E-state index in [-0.39, 0.29) is 12.2 Å². The molecule has 0 radical (unpaired) electrons. The normalized spacial score (nSPS) is 18.6. The van der Waals surface area contributed by atoms with Crippen LogP contribution in [0.15, 0.2) is 34.1 Å². The second kappa shape index (κ2) is 8.30. The predicted molar refractivity (Wildman–Crippen MR) is 107 cm³/mol. The van der Waals surface area contributed by atoms with Crippen molar-refractivity contribution in [2.75, 3.05) is 27.2 Å². The maximum atomic E-state index is 5.71. The summed E-state index contributed by atoms with van der Waals surface area (Å²) >= 11 is 0. The number of methoxy groups -OCH3 is 1. The quantitative estimate of drug-likeness (QED) is 0.756. The van der Waals surface area contributed by atoms with Gasteiger partial charge in [-0.3, -0.25) is 10.1 Å². The number of rotatable bonds is 7. The van der Waals surface area contributed by atoms with Crippen LogP contribution in [0.25, 0.3) is 10.9 Å². The zero-order valence-corrected chi connectivity index (χ0v) is 16.3. The van der Waals surface area contributed by atoms with Gasteiger partial charge in [0.15, 0.2) is 0 Å². The largest absolute Gasteiger partial charge is 0.475 e. The van der Waals surface area contributed by atoms with Gasteiger partial charge in [0.2, 0.25) is 5.88 Å².